The minimum atomic E-state index is 0.356. The summed E-state index contributed by atoms with van der Waals surface area (Å²) in [4.78, 5) is 12.6. The van der Waals surface area contributed by atoms with Crippen LogP contribution in [0, 0.1) is 6.92 Å². The molecule has 0 aromatic carbocycles. The number of hydrogen-bond donors (Lipinski definition) is 1. The first kappa shape index (κ1) is 14.0. The van der Waals surface area contributed by atoms with Crippen LogP contribution in [0.3, 0.4) is 0 Å². The largest absolute Gasteiger partial charge is 0.376 e. The van der Waals surface area contributed by atoms with E-state index in [0.29, 0.717) is 6.10 Å². The number of hydrogen-bond acceptors (Lipinski definition) is 4. The summed E-state index contributed by atoms with van der Waals surface area (Å²) >= 11 is 0. The standard InChI is InChI=1S/C15H26N4O/c1-13-15(17-12-16-13)11-19-7-4-8-20-14(10-19)9-18-5-2-3-6-18/h12,14H,2-11H2,1H3,(H,16,17)/t14-/m1/s1. The van der Waals surface area contributed by atoms with Gasteiger partial charge in [-0.1, -0.05) is 0 Å². The monoisotopic (exact) mass is 278 g/mol. The Morgan fingerprint density at radius 3 is 2.80 bits per heavy atom. The SMILES string of the molecule is Cc1[nH]cnc1CN1CCCO[C@H](CN2CCCC2)C1. The van der Waals surface area contributed by atoms with Crippen LogP contribution in [0.25, 0.3) is 0 Å². The third-order valence-electron chi connectivity index (χ3n) is 4.40. The van der Waals surface area contributed by atoms with Crippen LogP contribution in [-0.4, -0.2) is 65.2 Å². The highest BCUT2D eigenvalue weighted by Crippen LogP contribution is 2.14. The van der Waals surface area contributed by atoms with Gasteiger partial charge in [0.1, 0.15) is 0 Å². The molecule has 3 heterocycles. The minimum Gasteiger partial charge on any atom is -0.376 e. The Balaban J connectivity index is 1.55. The highest BCUT2D eigenvalue weighted by atomic mass is 16.5. The smallest absolute Gasteiger partial charge is 0.0925 e. The summed E-state index contributed by atoms with van der Waals surface area (Å²) < 4.78 is 6.03. The van der Waals surface area contributed by atoms with Gasteiger partial charge in [0.05, 0.1) is 18.1 Å². The first-order valence-corrected chi connectivity index (χ1v) is 7.86. The van der Waals surface area contributed by atoms with Crippen molar-refractivity contribution in [2.75, 3.05) is 39.3 Å². The number of nitrogens with zero attached hydrogens (tertiary/aromatic N) is 3. The number of likely N-dealkylation sites (tertiary alicyclic amines) is 1. The van der Waals surface area contributed by atoms with E-state index in [0.717, 1.165) is 39.2 Å². The topological polar surface area (TPSA) is 44.4 Å². The number of aromatic amines is 1. The molecule has 1 atom stereocenters. The average Bonchev–Trinajstić information content (AvgIpc) is 3.01. The molecule has 2 aliphatic heterocycles. The molecule has 5 nitrogen and oxygen atoms in total. The second-order valence-electron chi connectivity index (χ2n) is 6.06. The van der Waals surface area contributed by atoms with E-state index in [9.17, 15) is 0 Å². The van der Waals surface area contributed by atoms with E-state index >= 15 is 0 Å². The Morgan fingerprint density at radius 2 is 2.05 bits per heavy atom. The fourth-order valence-corrected chi connectivity index (χ4v) is 3.24. The van der Waals surface area contributed by atoms with E-state index in [1.54, 1.807) is 6.33 Å². The molecule has 0 aliphatic carbocycles. The van der Waals surface area contributed by atoms with Crippen LogP contribution in [0.4, 0.5) is 0 Å². The van der Waals surface area contributed by atoms with E-state index < -0.39 is 0 Å². The van der Waals surface area contributed by atoms with Crippen molar-refractivity contribution in [3.8, 4) is 0 Å². The van der Waals surface area contributed by atoms with Crippen LogP contribution in [0.2, 0.25) is 0 Å². The third-order valence-corrected chi connectivity index (χ3v) is 4.40. The summed E-state index contributed by atoms with van der Waals surface area (Å²) in [5.74, 6) is 0. The van der Waals surface area contributed by atoms with Gasteiger partial charge in [-0.2, -0.15) is 0 Å². The first-order chi connectivity index (χ1) is 9.81. The molecule has 3 rings (SSSR count). The van der Waals surface area contributed by atoms with Crippen LogP contribution in [0.5, 0.6) is 0 Å². The van der Waals surface area contributed by atoms with Gasteiger partial charge in [-0.15, -0.1) is 0 Å². The molecule has 0 unspecified atom stereocenters. The number of imidazole rings is 1. The molecule has 5 heteroatoms. The summed E-state index contributed by atoms with van der Waals surface area (Å²) in [6.45, 7) is 9.67. The van der Waals surface area contributed by atoms with Crippen LogP contribution in [-0.2, 0) is 11.3 Å². The molecular weight excluding hydrogens is 252 g/mol. The lowest BCUT2D eigenvalue weighted by atomic mass is 10.2. The van der Waals surface area contributed by atoms with Gasteiger partial charge in [0.2, 0.25) is 0 Å². The van der Waals surface area contributed by atoms with Crippen LogP contribution < -0.4 is 0 Å². The number of ether oxygens (including phenoxy) is 1. The Hall–Kier alpha value is -0.910. The predicted octanol–water partition coefficient (Wildman–Crippen LogP) is 1.40. The van der Waals surface area contributed by atoms with Crippen molar-refractivity contribution < 1.29 is 4.74 Å². The normalized spacial score (nSPS) is 25.9. The van der Waals surface area contributed by atoms with Crippen molar-refractivity contribution in [3.05, 3.63) is 17.7 Å². The summed E-state index contributed by atoms with van der Waals surface area (Å²) in [7, 11) is 0. The molecule has 1 N–H and O–H groups in total. The van der Waals surface area contributed by atoms with Gasteiger partial charge in [-0.25, -0.2) is 4.98 Å². The van der Waals surface area contributed by atoms with E-state index in [4.69, 9.17) is 4.74 Å². The second kappa shape index (κ2) is 6.70. The van der Waals surface area contributed by atoms with Crippen molar-refractivity contribution in [3.63, 3.8) is 0 Å². The van der Waals surface area contributed by atoms with Crippen molar-refractivity contribution >= 4 is 0 Å². The molecule has 112 valence electrons. The quantitative estimate of drug-likeness (QED) is 0.904. The van der Waals surface area contributed by atoms with Crippen LogP contribution >= 0.6 is 0 Å². The summed E-state index contributed by atoms with van der Waals surface area (Å²) in [6.07, 6.45) is 5.97. The van der Waals surface area contributed by atoms with E-state index in [1.165, 1.54) is 37.3 Å². The summed E-state index contributed by atoms with van der Waals surface area (Å²) in [5.41, 5.74) is 2.36. The summed E-state index contributed by atoms with van der Waals surface area (Å²) in [5, 5.41) is 0. The van der Waals surface area contributed by atoms with E-state index in [1.807, 2.05) is 0 Å². The van der Waals surface area contributed by atoms with E-state index in [-0.39, 0.29) is 0 Å². The molecule has 2 aliphatic rings. The molecule has 0 spiro atoms. The van der Waals surface area contributed by atoms with Crippen molar-refractivity contribution in [2.24, 2.45) is 0 Å². The molecule has 0 amide bonds. The summed E-state index contributed by atoms with van der Waals surface area (Å²) in [6, 6.07) is 0. The second-order valence-corrected chi connectivity index (χ2v) is 6.06. The molecule has 20 heavy (non-hydrogen) atoms. The maximum Gasteiger partial charge on any atom is 0.0925 e. The number of aryl methyl sites for hydroxylation is 1. The van der Waals surface area contributed by atoms with Crippen molar-refractivity contribution in [1.29, 1.82) is 0 Å². The molecule has 1 aromatic heterocycles. The number of H-pyrrole nitrogens is 1. The molecule has 1 aromatic rings. The lowest BCUT2D eigenvalue weighted by molar-refractivity contribution is 0.0306. The minimum absolute atomic E-state index is 0.356. The zero-order valence-corrected chi connectivity index (χ0v) is 12.5. The average molecular weight is 278 g/mol. The number of aromatic nitrogens is 2. The number of rotatable bonds is 4. The van der Waals surface area contributed by atoms with E-state index in [2.05, 4.69) is 26.7 Å². The van der Waals surface area contributed by atoms with Crippen LogP contribution in [0.15, 0.2) is 6.33 Å². The van der Waals surface area contributed by atoms with Gasteiger partial charge in [0, 0.05) is 38.5 Å². The van der Waals surface area contributed by atoms with Gasteiger partial charge < -0.3 is 14.6 Å². The maximum atomic E-state index is 6.03. The highest BCUT2D eigenvalue weighted by molar-refractivity contribution is 5.08. The Labute approximate surface area is 121 Å². The van der Waals surface area contributed by atoms with Gasteiger partial charge >= 0.3 is 0 Å². The molecule has 2 fully saturated rings. The zero-order chi connectivity index (χ0) is 13.8. The van der Waals surface area contributed by atoms with Gasteiger partial charge in [-0.05, 0) is 39.3 Å². The fourth-order valence-electron chi connectivity index (χ4n) is 3.24. The lowest BCUT2D eigenvalue weighted by Gasteiger charge is -2.26. The van der Waals surface area contributed by atoms with Gasteiger partial charge in [0.25, 0.3) is 0 Å². The lowest BCUT2D eigenvalue weighted by Crippen LogP contribution is -2.39. The highest BCUT2D eigenvalue weighted by Gasteiger charge is 2.23. The van der Waals surface area contributed by atoms with Gasteiger partial charge in [-0.3, -0.25) is 4.90 Å². The Bertz CT molecular complexity index is 414. The molecular formula is C15H26N4O. The molecule has 0 radical (unpaired) electrons. The molecule has 0 bridgehead atoms. The fraction of sp³-hybridized carbons (Fsp3) is 0.800. The Kier molecular flexibility index (Phi) is 4.70. The zero-order valence-electron chi connectivity index (χ0n) is 12.5. The van der Waals surface area contributed by atoms with Crippen LogP contribution in [0.1, 0.15) is 30.7 Å². The Morgan fingerprint density at radius 1 is 1.25 bits per heavy atom. The molecule has 2 saturated heterocycles. The first-order valence-electron chi connectivity index (χ1n) is 7.86. The third kappa shape index (κ3) is 3.59. The molecule has 0 saturated carbocycles. The van der Waals surface area contributed by atoms with Crippen molar-refractivity contribution in [1.82, 2.24) is 19.8 Å². The predicted molar refractivity (Wildman–Crippen MR) is 78.6 cm³/mol. The number of nitrogens with one attached hydrogen (secondary N) is 1. The maximum absolute atomic E-state index is 6.03. The van der Waals surface area contributed by atoms with Crippen molar-refractivity contribution in [2.45, 2.75) is 38.8 Å². The van der Waals surface area contributed by atoms with Gasteiger partial charge in [0.15, 0.2) is 0 Å².